The predicted molar refractivity (Wildman–Crippen MR) is 54.9 cm³/mol. The van der Waals surface area contributed by atoms with Crippen molar-refractivity contribution in [2.45, 2.75) is 6.29 Å². The zero-order valence-electron chi connectivity index (χ0n) is 9.01. The predicted octanol–water partition coefficient (Wildman–Crippen LogP) is 0.780. The van der Waals surface area contributed by atoms with Crippen LogP contribution < -0.4 is 4.74 Å². The highest BCUT2D eigenvalue weighted by molar-refractivity contribution is 6.35. The lowest BCUT2D eigenvalue weighted by Crippen LogP contribution is -2.34. The van der Waals surface area contributed by atoms with Crippen LogP contribution in [0.15, 0.2) is 30.3 Å². The van der Waals surface area contributed by atoms with Gasteiger partial charge in [0.15, 0.2) is 0 Å². The van der Waals surface area contributed by atoms with E-state index >= 15 is 0 Å². The molecule has 0 aliphatic rings. The molecule has 0 unspecified atom stereocenters. The molecule has 0 aromatic heterocycles. The zero-order valence-corrected chi connectivity index (χ0v) is 9.01. The summed E-state index contributed by atoms with van der Waals surface area (Å²) in [7, 11) is 2.53. The highest BCUT2D eigenvalue weighted by Gasteiger charge is 2.26. The van der Waals surface area contributed by atoms with E-state index in [1.54, 1.807) is 30.3 Å². The molecule has 16 heavy (non-hydrogen) atoms. The van der Waals surface area contributed by atoms with Crippen molar-refractivity contribution in [2.75, 3.05) is 14.2 Å². The first-order valence-electron chi connectivity index (χ1n) is 4.55. The largest absolute Gasteiger partial charge is 0.421 e. The van der Waals surface area contributed by atoms with Gasteiger partial charge in [-0.05, 0) is 12.1 Å². The molecular formula is C11H12O5. The van der Waals surface area contributed by atoms with Gasteiger partial charge in [-0.1, -0.05) is 18.2 Å². The van der Waals surface area contributed by atoms with Crippen molar-refractivity contribution < 1.29 is 23.8 Å². The minimum Gasteiger partial charge on any atom is -0.421 e. The van der Waals surface area contributed by atoms with E-state index in [1.165, 1.54) is 14.2 Å². The lowest BCUT2D eigenvalue weighted by atomic mass is 10.3. The first kappa shape index (κ1) is 12.4. The summed E-state index contributed by atoms with van der Waals surface area (Å²) < 4.78 is 14.1. The number of para-hydroxylation sites is 1. The fraction of sp³-hybridized carbons (Fsp3) is 0.273. The number of benzene rings is 1. The van der Waals surface area contributed by atoms with Gasteiger partial charge >= 0.3 is 5.97 Å². The van der Waals surface area contributed by atoms with Crippen molar-refractivity contribution in [2.24, 2.45) is 0 Å². The van der Waals surface area contributed by atoms with Crippen molar-refractivity contribution in [1.29, 1.82) is 0 Å². The molecule has 0 saturated heterocycles. The summed E-state index contributed by atoms with van der Waals surface area (Å²) in [6, 6.07) is 8.29. The Labute approximate surface area is 92.9 Å². The standard InChI is InChI=1S/C11H12O5/c1-14-11(15-2)9(12)10(13)16-8-6-4-3-5-7-8/h3-7,11H,1-2H3. The minimum atomic E-state index is -1.23. The number of ketones is 1. The molecular weight excluding hydrogens is 212 g/mol. The number of carbonyl (C=O) groups excluding carboxylic acids is 2. The second kappa shape index (κ2) is 5.99. The molecule has 0 aliphatic heterocycles. The van der Waals surface area contributed by atoms with Gasteiger partial charge in [0.05, 0.1) is 0 Å². The molecule has 0 amide bonds. The third-order valence-electron chi connectivity index (χ3n) is 1.80. The van der Waals surface area contributed by atoms with Crippen LogP contribution in [0.4, 0.5) is 0 Å². The molecule has 86 valence electrons. The zero-order chi connectivity index (χ0) is 12.0. The second-order valence-electron chi connectivity index (χ2n) is 2.87. The topological polar surface area (TPSA) is 61.8 Å². The van der Waals surface area contributed by atoms with Crippen LogP contribution in [0.2, 0.25) is 0 Å². The Morgan fingerprint density at radius 3 is 2.12 bits per heavy atom. The Kier molecular flexibility index (Phi) is 4.63. The van der Waals surface area contributed by atoms with Gasteiger partial charge in [-0.2, -0.15) is 0 Å². The van der Waals surface area contributed by atoms with E-state index in [0.717, 1.165) is 0 Å². The van der Waals surface area contributed by atoms with Gasteiger partial charge in [-0.15, -0.1) is 0 Å². The lowest BCUT2D eigenvalue weighted by Gasteiger charge is -2.10. The van der Waals surface area contributed by atoms with Crippen molar-refractivity contribution in [3.8, 4) is 5.75 Å². The Bertz CT molecular complexity index is 356. The summed E-state index contributed by atoms with van der Waals surface area (Å²) in [6.45, 7) is 0. The monoisotopic (exact) mass is 224 g/mol. The second-order valence-corrected chi connectivity index (χ2v) is 2.87. The van der Waals surface area contributed by atoms with Crippen molar-refractivity contribution in [3.05, 3.63) is 30.3 Å². The van der Waals surface area contributed by atoms with Crippen LogP contribution in [-0.4, -0.2) is 32.3 Å². The number of rotatable bonds is 5. The van der Waals surface area contributed by atoms with Gasteiger partial charge in [0, 0.05) is 14.2 Å². The first-order valence-corrected chi connectivity index (χ1v) is 4.55. The fourth-order valence-corrected chi connectivity index (χ4v) is 1.05. The maximum Gasteiger partial charge on any atom is 0.385 e. The number of methoxy groups -OCH3 is 2. The number of carbonyl (C=O) groups is 2. The number of Topliss-reactive ketones (excluding diaryl/α,β-unsaturated/α-hetero) is 1. The third kappa shape index (κ3) is 3.15. The molecule has 5 nitrogen and oxygen atoms in total. The van der Waals surface area contributed by atoms with E-state index in [2.05, 4.69) is 9.47 Å². The Morgan fingerprint density at radius 2 is 1.62 bits per heavy atom. The quantitative estimate of drug-likeness (QED) is 0.320. The maximum atomic E-state index is 11.4. The number of hydrogen-bond acceptors (Lipinski definition) is 5. The molecule has 0 heterocycles. The molecule has 0 atom stereocenters. The molecule has 0 bridgehead atoms. The molecule has 5 heteroatoms. The molecule has 1 aromatic rings. The molecule has 0 radical (unpaired) electrons. The summed E-state index contributed by atoms with van der Waals surface area (Å²) in [5.41, 5.74) is 0. The number of hydrogen-bond donors (Lipinski definition) is 0. The number of ether oxygens (including phenoxy) is 3. The SMILES string of the molecule is COC(OC)C(=O)C(=O)Oc1ccccc1. The third-order valence-corrected chi connectivity index (χ3v) is 1.80. The average molecular weight is 224 g/mol. The minimum absolute atomic E-state index is 0.298. The van der Waals surface area contributed by atoms with Crippen molar-refractivity contribution >= 4 is 11.8 Å². The Balaban J connectivity index is 2.62. The van der Waals surface area contributed by atoms with Crippen LogP contribution >= 0.6 is 0 Å². The van der Waals surface area contributed by atoms with Gasteiger partial charge in [0.2, 0.25) is 6.29 Å². The van der Waals surface area contributed by atoms with E-state index < -0.39 is 18.0 Å². The van der Waals surface area contributed by atoms with E-state index in [9.17, 15) is 9.59 Å². The molecule has 0 fully saturated rings. The van der Waals surface area contributed by atoms with Crippen LogP contribution in [0.3, 0.4) is 0 Å². The summed E-state index contributed by atoms with van der Waals surface area (Å²) in [4.78, 5) is 22.7. The van der Waals surface area contributed by atoms with Crippen LogP contribution in [0.5, 0.6) is 5.75 Å². The summed E-state index contributed by atoms with van der Waals surface area (Å²) >= 11 is 0. The Morgan fingerprint density at radius 1 is 1.06 bits per heavy atom. The van der Waals surface area contributed by atoms with Crippen molar-refractivity contribution in [3.63, 3.8) is 0 Å². The Hall–Kier alpha value is -1.72. The van der Waals surface area contributed by atoms with Gasteiger partial charge in [0.1, 0.15) is 5.75 Å². The fourth-order valence-electron chi connectivity index (χ4n) is 1.05. The van der Waals surface area contributed by atoms with Crippen LogP contribution in [-0.2, 0) is 19.1 Å². The molecule has 0 N–H and O–H groups in total. The molecule has 1 rings (SSSR count). The first-order chi connectivity index (χ1) is 7.69. The smallest absolute Gasteiger partial charge is 0.385 e. The van der Waals surface area contributed by atoms with Crippen molar-refractivity contribution in [1.82, 2.24) is 0 Å². The lowest BCUT2D eigenvalue weighted by molar-refractivity contribution is -0.169. The van der Waals surface area contributed by atoms with Gasteiger partial charge < -0.3 is 14.2 Å². The molecule has 0 saturated carbocycles. The molecule has 1 aromatic carbocycles. The van der Waals surface area contributed by atoms with Crippen LogP contribution in [0.1, 0.15) is 0 Å². The van der Waals surface area contributed by atoms with E-state index in [1.807, 2.05) is 0 Å². The van der Waals surface area contributed by atoms with Gasteiger partial charge in [-0.3, -0.25) is 4.79 Å². The average Bonchev–Trinajstić information content (AvgIpc) is 2.31. The molecule has 0 aliphatic carbocycles. The van der Waals surface area contributed by atoms with E-state index in [4.69, 9.17) is 4.74 Å². The highest BCUT2D eigenvalue weighted by Crippen LogP contribution is 2.09. The summed E-state index contributed by atoms with van der Waals surface area (Å²) in [5.74, 6) is -1.60. The maximum absolute atomic E-state index is 11.4. The number of esters is 1. The van der Waals surface area contributed by atoms with E-state index in [0.29, 0.717) is 5.75 Å². The van der Waals surface area contributed by atoms with Gasteiger partial charge in [0.25, 0.3) is 5.78 Å². The van der Waals surface area contributed by atoms with E-state index in [-0.39, 0.29) is 0 Å². The van der Waals surface area contributed by atoms with Crippen LogP contribution in [0.25, 0.3) is 0 Å². The highest BCUT2D eigenvalue weighted by atomic mass is 16.7. The molecule has 0 spiro atoms. The van der Waals surface area contributed by atoms with Crippen LogP contribution in [0, 0.1) is 0 Å². The summed E-state index contributed by atoms with van der Waals surface area (Å²) in [5, 5.41) is 0. The van der Waals surface area contributed by atoms with Gasteiger partial charge in [-0.25, -0.2) is 4.79 Å². The summed E-state index contributed by atoms with van der Waals surface area (Å²) in [6.07, 6.45) is -1.23. The normalized spacial score (nSPS) is 10.2.